The molecule has 2 N–H and O–H groups in total. The lowest BCUT2D eigenvalue weighted by Gasteiger charge is -2.30. The number of urea groups is 1. The molecule has 1 saturated heterocycles. The van der Waals surface area contributed by atoms with Crippen molar-refractivity contribution in [3.63, 3.8) is 0 Å². The summed E-state index contributed by atoms with van der Waals surface area (Å²) >= 11 is 1.72. The molecule has 1 aliphatic rings. The Balaban J connectivity index is 1.70. The maximum atomic E-state index is 12.2. The number of rotatable bonds is 7. The smallest absolute Gasteiger partial charge is 0.317 e. The van der Waals surface area contributed by atoms with Crippen LogP contribution < -0.4 is 10.1 Å². The highest BCUT2D eigenvalue weighted by Gasteiger charge is 2.26. The number of nitrogens with one attached hydrogen (secondary N) is 1. The van der Waals surface area contributed by atoms with Gasteiger partial charge in [0.2, 0.25) is 0 Å². The first kappa shape index (κ1) is 19.4. The summed E-state index contributed by atoms with van der Waals surface area (Å²) in [6.07, 6.45) is 1.06. The van der Waals surface area contributed by atoms with Gasteiger partial charge in [-0.1, -0.05) is 19.1 Å². The van der Waals surface area contributed by atoms with Gasteiger partial charge in [-0.15, -0.1) is 11.8 Å². The van der Waals surface area contributed by atoms with Gasteiger partial charge in [-0.25, -0.2) is 4.79 Å². The zero-order valence-electron chi connectivity index (χ0n) is 14.7. The van der Waals surface area contributed by atoms with E-state index < -0.39 is 5.97 Å². The lowest BCUT2D eigenvalue weighted by atomic mass is 9.97. The highest BCUT2D eigenvalue weighted by atomic mass is 32.2. The first-order valence-corrected chi connectivity index (χ1v) is 9.51. The molecule has 0 bridgehead atoms. The number of hydrogen-bond acceptors (Lipinski definition) is 4. The zero-order valence-corrected chi connectivity index (χ0v) is 15.6. The number of aliphatic carboxylic acids is 1. The first-order valence-electron chi connectivity index (χ1n) is 8.52. The van der Waals surface area contributed by atoms with E-state index in [0.717, 1.165) is 16.4 Å². The summed E-state index contributed by atoms with van der Waals surface area (Å²) in [6.45, 7) is 3.71. The molecule has 2 amide bonds. The van der Waals surface area contributed by atoms with Gasteiger partial charge in [-0.3, -0.25) is 4.79 Å². The van der Waals surface area contributed by atoms with Crippen molar-refractivity contribution in [3.8, 4) is 5.75 Å². The monoisotopic (exact) mass is 366 g/mol. The predicted molar refractivity (Wildman–Crippen MR) is 98.2 cm³/mol. The number of benzene rings is 1. The van der Waals surface area contributed by atoms with Crippen LogP contribution in [0.4, 0.5) is 4.79 Å². The fraction of sp³-hybridized carbons (Fsp3) is 0.556. The average molecular weight is 366 g/mol. The Morgan fingerprint density at radius 3 is 2.68 bits per heavy atom. The summed E-state index contributed by atoms with van der Waals surface area (Å²) in [4.78, 5) is 25.9. The number of piperidine rings is 1. The molecule has 0 spiro atoms. The van der Waals surface area contributed by atoms with Crippen LogP contribution in [-0.2, 0) is 4.79 Å². The summed E-state index contributed by atoms with van der Waals surface area (Å²) in [5.41, 5.74) is 0. The molecule has 1 aromatic rings. The highest BCUT2D eigenvalue weighted by molar-refractivity contribution is 7.99. The molecule has 1 fully saturated rings. The Bertz CT molecular complexity index is 588. The molecule has 1 aliphatic heterocycles. The van der Waals surface area contributed by atoms with Crippen molar-refractivity contribution < 1.29 is 19.4 Å². The van der Waals surface area contributed by atoms with E-state index in [9.17, 15) is 9.59 Å². The normalized spacial score (nSPS) is 16.3. The van der Waals surface area contributed by atoms with Crippen LogP contribution in [0, 0.1) is 11.8 Å². The molecule has 6 nitrogen and oxygen atoms in total. The number of carboxylic acids is 1. The molecule has 0 radical (unpaired) electrons. The number of carbonyl (C=O) groups is 2. The molecule has 0 aromatic heterocycles. The van der Waals surface area contributed by atoms with Gasteiger partial charge in [0, 0.05) is 30.3 Å². The molecule has 1 atom stereocenters. The van der Waals surface area contributed by atoms with Gasteiger partial charge in [0.25, 0.3) is 0 Å². The number of nitrogens with zero attached hydrogens (tertiary/aromatic N) is 1. The molecule has 138 valence electrons. The van der Waals surface area contributed by atoms with Crippen molar-refractivity contribution in [2.45, 2.75) is 24.7 Å². The van der Waals surface area contributed by atoms with Crippen LogP contribution in [0.15, 0.2) is 29.2 Å². The minimum Gasteiger partial charge on any atom is -0.496 e. The number of carboxylic acid groups (broad SMARTS) is 1. The molecule has 1 aromatic carbocycles. The summed E-state index contributed by atoms with van der Waals surface area (Å²) in [5.74, 6) is 0.976. The van der Waals surface area contributed by atoms with Crippen molar-refractivity contribution >= 4 is 23.8 Å². The summed E-state index contributed by atoms with van der Waals surface area (Å²) in [6, 6.07) is 7.80. The van der Waals surface area contributed by atoms with Gasteiger partial charge >= 0.3 is 12.0 Å². The summed E-state index contributed by atoms with van der Waals surface area (Å²) in [5, 5.41) is 12.0. The standard InChI is InChI=1S/C18H26N2O4S/c1-13(12-25-16-6-4-3-5-15(16)24-2)11-19-18(23)20-9-7-14(8-10-20)17(21)22/h3-6,13-14H,7-12H2,1-2H3,(H,19,23)(H,21,22). The molecule has 2 rings (SSSR count). The van der Waals surface area contributed by atoms with E-state index in [-0.39, 0.29) is 11.9 Å². The molecular weight excluding hydrogens is 340 g/mol. The molecule has 25 heavy (non-hydrogen) atoms. The summed E-state index contributed by atoms with van der Waals surface area (Å²) < 4.78 is 5.34. The number of hydrogen-bond donors (Lipinski definition) is 2. The maximum Gasteiger partial charge on any atom is 0.317 e. The summed E-state index contributed by atoms with van der Waals surface area (Å²) in [7, 11) is 1.66. The molecule has 1 heterocycles. The number of likely N-dealkylation sites (tertiary alicyclic amines) is 1. The van der Waals surface area contributed by atoms with Crippen molar-refractivity contribution in [1.82, 2.24) is 10.2 Å². The highest BCUT2D eigenvalue weighted by Crippen LogP contribution is 2.29. The van der Waals surface area contributed by atoms with E-state index >= 15 is 0 Å². The molecule has 7 heteroatoms. The van der Waals surface area contributed by atoms with Crippen LogP contribution >= 0.6 is 11.8 Å². The number of para-hydroxylation sites is 1. The molecular formula is C18H26N2O4S. The van der Waals surface area contributed by atoms with Crippen LogP contribution in [0.1, 0.15) is 19.8 Å². The Morgan fingerprint density at radius 1 is 1.36 bits per heavy atom. The Kier molecular flexibility index (Phi) is 7.43. The Hall–Kier alpha value is -1.89. The lowest BCUT2D eigenvalue weighted by Crippen LogP contribution is -2.46. The first-order chi connectivity index (χ1) is 12.0. The third-order valence-corrected chi connectivity index (χ3v) is 5.71. The van der Waals surface area contributed by atoms with Crippen LogP contribution in [0.5, 0.6) is 5.75 Å². The van der Waals surface area contributed by atoms with Crippen LogP contribution in [-0.4, -0.2) is 54.5 Å². The minimum absolute atomic E-state index is 0.0991. The van der Waals surface area contributed by atoms with Gasteiger partial charge in [0.1, 0.15) is 5.75 Å². The van der Waals surface area contributed by atoms with Gasteiger partial charge in [-0.2, -0.15) is 0 Å². The molecule has 0 saturated carbocycles. The fourth-order valence-electron chi connectivity index (χ4n) is 2.73. The van der Waals surface area contributed by atoms with E-state index in [1.54, 1.807) is 23.8 Å². The Morgan fingerprint density at radius 2 is 2.04 bits per heavy atom. The van der Waals surface area contributed by atoms with E-state index in [0.29, 0.717) is 38.4 Å². The zero-order chi connectivity index (χ0) is 18.2. The number of ether oxygens (including phenoxy) is 1. The second-order valence-corrected chi connectivity index (χ2v) is 7.41. The van der Waals surface area contributed by atoms with Crippen molar-refractivity contribution in [1.29, 1.82) is 0 Å². The SMILES string of the molecule is COc1ccccc1SCC(C)CNC(=O)N1CCC(C(=O)O)CC1. The topological polar surface area (TPSA) is 78.9 Å². The number of carbonyl (C=O) groups excluding carboxylic acids is 1. The van der Waals surface area contributed by atoms with Gasteiger partial charge in [0.05, 0.1) is 13.0 Å². The number of methoxy groups -OCH3 is 1. The van der Waals surface area contributed by atoms with Crippen LogP contribution in [0.2, 0.25) is 0 Å². The number of amides is 2. The van der Waals surface area contributed by atoms with Crippen molar-refractivity contribution in [3.05, 3.63) is 24.3 Å². The van der Waals surface area contributed by atoms with E-state index in [1.807, 2.05) is 24.3 Å². The van der Waals surface area contributed by atoms with Gasteiger partial charge in [-0.05, 0) is 30.9 Å². The third-order valence-electron chi connectivity index (χ3n) is 4.33. The fourth-order valence-corrected chi connectivity index (χ4v) is 3.78. The molecule has 1 unspecified atom stereocenters. The number of thioether (sulfide) groups is 1. The largest absolute Gasteiger partial charge is 0.496 e. The van der Waals surface area contributed by atoms with Crippen molar-refractivity contribution in [2.75, 3.05) is 32.5 Å². The second kappa shape index (κ2) is 9.56. The van der Waals surface area contributed by atoms with E-state index in [1.165, 1.54) is 0 Å². The average Bonchev–Trinajstić information content (AvgIpc) is 2.64. The second-order valence-electron chi connectivity index (χ2n) is 6.35. The minimum atomic E-state index is -0.762. The predicted octanol–water partition coefficient (Wildman–Crippen LogP) is 2.93. The van der Waals surface area contributed by atoms with E-state index in [2.05, 4.69) is 12.2 Å². The van der Waals surface area contributed by atoms with Crippen LogP contribution in [0.25, 0.3) is 0 Å². The van der Waals surface area contributed by atoms with E-state index in [4.69, 9.17) is 9.84 Å². The van der Waals surface area contributed by atoms with Crippen LogP contribution in [0.3, 0.4) is 0 Å². The van der Waals surface area contributed by atoms with Gasteiger partial charge in [0.15, 0.2) is 0 Å². The Labute approximate surface area is 152 Å². The quantitative estimate of drug-likeness (QED) is 0.726. The van der Waals surface area contributed by atoms with Gasteiger partial charge < -0.3 is 20.1 Å². The lowest BCUT2D eigenvalue weighted by molar-refractivity contribution is -0.143. The third kappa shape index (κ3) is 5.85. The molecule has 0 aliphatic carbocycles. The van der Waals surface area contributed by atoms with Crippen molar-refractivity contribution in [2.24, 2.45) is 11.8 Å². The maximum absolute atomic E-state index is 12.2.